The maximum atomic E-state index is 13.8. The number of benzene rings is 1. The van der Waals surface area contributed by atoms with Crippen LogP contribution in [0.4, 0.5) is 4.39 Å². The van der Waals surface area contributed by atoms with Crippen molar-refractivity contribution in [3.63, 3.8) is 0 Å². The van der Waals surface area contributed by atoms with Gasteiger partial charge >= 0.3 is 0 Å². The zero-order valence-electron chi connectivity index (χ0n) is 9.83. The number of hydrogen-bond donors (Lipinski definition) is 0. The number of rotatable bonds is 2. The fourth-order valence-electron chi connectivity index (χ4n) is 2.25. The SMILES string of the molecule is O=C(c1ccc(Br)cc1F)N1CCCCC1CBr. The lowest BCUT2D eigenvalue weighted by Gasteiger charge is -2.34. The maximum absolute atomic E-state index is 13.8. The monoisotopic (exact) mass is 377 g/mol. The molecule has 1 heterocycles. The van der Waals surface area contributed by atoms with Crippen LogP contribution < -0.4 is 0 Å². The molecular formula is C13H14Br2FNO. The zero-order chi connectivity index (χ0) is 13.1. The Bertz CT molecular complexity index is 453. The first-order valence-electron chi connectivity index (χ1n) is 5.95. The van der Waals surface area contributed by atoms with E-state index in [-0.39, 0.29) is 17.5 Å². The van der Waals surface area contributed by atoms with Crippen molar-refractivity contribution in [1.82, 2.24) is 4.90 Å². The van der Waals surface area contributed by atoms with E-state index in [1.807, 2.05) is 0 Å². The Hall–Kier alpha value is -0.420. The third kappa shape index (κ3) is 2.94. The number of alkyl halides is 1. The molecule has 98 valence electrons. The lowest BCUT2D eigenvalue weighted by molar-refractivity contribution is 0.0637. The van der Waals surface area contributed by atoms with Gasteiger partial charge in [-0.1, -0.05) is 31.9 Å². The zero-order valence-corrected chi connectivity index (χ0v) is 13.0. The molecule has 2 nitrogen and oxygen atoms in total. The minimum absolute atomic E-state index is 0.158. The molecule has 1 aliphatic heterocycles. The summed E-state index contributed by atoms with van der Waals surface area (Å²) in [6.07, 6.45) is 3.10. The van der Waals surface area contributed by atoms with Crippen LogP contribution in [-0.4, -0.2) is 28.7 Å². The van der Waals surface area contributed by atoms with E-state index < -0.39 is 5.82 Å². The summed E-state index contributed by atoms with van der Waals surface area (Å²) in [5.41, 5.74) is 0.158. The molecular weight excluding hydrogens is 365 g/mol. The Balaban J connectivity index is 2.24. The van der Waals surface area contributed by atoms with Crippen LogP contribution in [0.1, 0.15) is 29.6 Å². The van der Waals surface area contributed by atoms with Crippen molar-refractivity contribution in [2.45, 2.75) is 25.3 Å². The van der Waals surface area contributed by atoms with E-state index in [0.717, 1.165) is 24.6 Å². The Labute approximate surface area is 123 Å². The molecule has 0 aliphatic carbocycles. The average Bonchev–Trinajstić information content (AvgIpc) is 2.38. The van der Waals surface area contributed by atoms with Gasteiger partial charge in [0.05, 0.1) is 5.56 Å². The molecule has 0 N–H and O–H groups in total. The topological polar surface area (TPSA) is 20.3 Å². The predicted molar refractivity (Wildman–Crippen MR) is 76.6 cm³/mol. The van der Waals surface area contributed by atoms with Crippen molar-refractivity contribution in [3.8, 4) is 0 Å². The minimum atomic E-state index is -0.465. The summed E-state index contributed by atoms with van der Waals surface area (Å²) in [6.45, 7) is 0.713. The third-order valence-electron chi connectivity index (χ3n) is 3.23. The molecule has 0 aromatic heterocycles. The highest BCUT2D eigenvalue weighted by Crippen LogP contribution is 2.23. The van der Waals surface area contributed by atoms with Gasteiger partial charge in [0.15, 0.2) is 0 Å². The van der Waals surface area contributed by atoms with Crippen LogP contribution >= 0.6 is 31.9 Å². The molecule has 1 aromatic carbocycles. The number of carbonyl (C=O) groups excluding carboxylic acids is 1. The number of hydrogen-bond acceptors (Lipinski definition) is 1. The first-order valence-corrected chi connectivity index (χ1v) is 7.87. The fourth-order valence-corrected chi connectivity index (χ4v) is 3.25. The molecule has 1 amide bonds. The number of piperidine rings is 1. The number of amides is 1. The van der Waals surface area contributed by atoms with Gasteiger partial charge in [-0.15, -0.1) is 0 Å². The molecule has 1 unspecified atom stereocenters. The first-order chi connectivity index (χ1) is 8.63. The summed E-state index contributed by atoms with van der Waals surface area (Å²) in [5, 5.41) is 0.747. The summed E-state index contributed by atoms with van der Waals surface area (Å²) in [4.78, 5) is 14.1. The second-order valence-electron chi connectivity index (χ2n) is 4.43. The van der Waals surface area contributed by atoms with Crippen molar-refractivity contribution in [1.29, 1.82) is 0 Å². The van der Waals surface area contributed by atoms with E-state index in [0.29, 0.717) is 11.0 Å². The molecule has 1 saturated heterocycles. The van der Waals surface area contributed by atoms with E-state index in [4.69, 9.17) is 0 Å². The van der Waals surface area contributed by atoms with Crippen LogP contribution in [-0.2, 0) is 0 Å². The summed E-state index contributed by atoms with van der Waals surface area (Å²) >= 11 is 6.62. The standard InChI is InChI=1S/C13H14Br2FNO/c14-8-10-3-1-2-6-17(10)13(18)11-5-4-9(15)7-12(11)16/h4-5,7,10H,1-3,6,8H2. The second kappa shape index (κ2) is 6.15. The van der Waals surface area contributed by atoms with Gasteiger partial charge in [0.25, 0.3) is 5.91 Å². The van der Waals surface area contributed by atoms with E-state index in [1.54, 1.807) is 17.0 Å². The Kier molecular flexibility index (Phi) is 4.78. The normalized spacial score (nSPS) is 19.9. The summed E-state index contributed by atoms with van der Waals surface area (Å²) in [5.74, 6) is -0.669. The molecule has 2 rings (SSSR count). The number of halogens is 3. The van der Waals surface area contributed by atoms with Crippen molar-refractivity contribution < 1.29 is 9.18 Å². The summed E-state index contributed by atoms with van der Waals surface area (Å²) in [6, 6.07) is 4.75. The lowest BCUT2D eigenvalue weighted by atomic mass is 10.0. The van der Waals surface area contributed by atoms with Gasteiger partial charge in [-0.25, -0.2) is 4.39 Å². The van der Waals surface area contributed by atoms with E-state index >= 15 is 0 Å². The average molecular weight is 379 g/mol. The van der Waals surface area contributed by atoms with Crippen molar-refractivity contribution in [2.75, 3.05) is 11.9 Å². The van der Waals surface area contributed by atoms with Gasteiger partial charge in [0, 0.05) is 22.4 Å². The highest BCUT2D eigenvalue weighted by atomic mass is 79.9. The summed E-state index contributed by atoms with van der Waals surface area (Å²) in [7, 11) is 0. The van der Waals surface area contributed by atoms with Crippen LogP contribution in [0.2, 0.25) is 0 Å². The molecule has 1 atom stereocenters. The van der Waals surface area contributed by atoms with Gasteiger partial charge in [0.2, 0.25) is 0 Å². The van der Waals surface area contributed by atoms with Gasteiger partial charge in [-0.05, 0) is 37.5 Å². The molecule has 1 aliphatic rings. The predicted octanol–water partition coefficient (Wildman–Crippen LogP) is 3.98. The molecule has 18 heavy (non-hydrogen) atoms. The van der Waals surface area contributed by atoms with E-state index in [2.05, 4.69) is 31.9 Å². The van der Waals surface area contributed by atoms with Crippen LogP contribution in [0.5, 0.6) is 0 Å². The minimum Gasteiger partial charge on any atom is -0.335 e. The van der Waals surface area contributed by atoms with Gasteiger partial charge in [-0.2, -0.15) is 0 Å². The van der Waals surface area contributed by atoms with E-state index in [1.165, 1.54) is 6.07 Å². The first kappa shape index (κ1) is 14.0. The smallest absolute Gasteiger partial charge is 0.257 e. The lowest BCUT2D eigenvalue weighted by Crippen LogP contribution is -2.44. The van der Waals surface area contributed by atoms with Crippen molar-refractivity contribution in [3.05, 3.63) is 34.1 Å². The molecule has 0 saturated carbocycles. The van der Waals surface area contributed by atoms with Crippen LogP contribution in [0, 0.1) is 5.82 Å². The molecule has 0 spiro atoms. The quantitative estimate of drug-likeness (QED) is 0.713. The third-order valence-corrected chi connectivity index (χ3v) is 4.47. The maximum Gasteiger partial charge on any atom is 0.257 e. The molecule has 1 fully saturated rings. The second-order valence-corrected chi connectivity index (χ2v) is 5.99. The van der Waals surface area contributed by atoms with Crippen LogP contribution in [0.3, 0.4) is 0 Å². The summed E-state index contributed by atoms with van der Waals surface area (Å²) < 4.78 is 14.4. The molecule has 1 aromatic rings. The van der Waals surface area contributed by atoms with Gasteiger partial charge in [0.1, 0.15) is 5.82 Å². The van der Waals surface area contributed by atoms with Gasteiger partial charge < -0.3 is 4.90 Å². The fraction of sp³-hybridized carbons (Fsp3) is 0.462. The molecule has 5 heteroatoms. The highest BCUT2D eigenvalue weighted by Gasteiger charge is 2.28. The van der Waals surface area contributed by atoms with Crippen molar-refractivity contribution >= 4 is 37.8 Å². The molecule has 0 bridgehead atoms. The van der Waals surface area contributed by atoms with Crippen LogP contribution in [0.25, 0.3) is 0 Å². The van der Waals surface area contributed by atoms with Gasteiger partial charge in [-0.3, -0.25) is 4.79 Å². The Morgan fingerprint density at radius 2 is 2.22 bits per heavy atom. The Morgan fingerprint density at radius 3 is 2.89 bits per heavy atom. The molecule has 0 radical (unpaired) electrons. The van der Waals surface area contributed by atoms with Crippen molar-refractivity contribution in [2.24, 2.45) is 0 Å². The number of carbonyl (C=O) groups is 1. The van der Waals surface area contributed by atoms with Crippen LogP contribution in [0.15, 0.2) is 22.7 Å². The van der Waals surface area contributed by atoms with E-state index in [9.17, 15) is 9.18 Å². The largest absolute Gasteiger partial charge is 0.335 e. The Morgan fingerprint density at radius 1 is 1.44 bits per heavy atom. The highest BCUT2D eigenvalue weighted by molar-refractivity contribution is 9.10. The number of likely N-dealkylation sites (tertiary alicyclic amines) is 1. The number of nitrogens with zero attached hydrogens (tertiary/aromatic N) is 1.